The Labute approximate surface area is 138 Å². The van der Waals surface area contributed by atoms with E-state index in [4.69, 9.17) is 0 Å². The molecular weight excluding hydrogens is 344 g/mol. The van der Waals surface area contributed by atoms with E-state index < -0.39 is 0 Å². The molecule has 0 spiro atoms. The van der Waals surface area contributed by atoms with E-state index in [1.807, 2.05) is 19.4 Å². The molecule has 0 amide bonds. The van der Waals surface area contributed by atoms with Gasteiger partial charge in [0.2, 0.25) is 0 Å². The lowest BCUT2D eigenvalue weighted by Crippen LogP contribution is -2.45. The molecule has 4 heterocycles. The van der Waals surface area contributed by atoms with Crippen molar-refractivity contribution < 1.29 is 0 Å². The molecule has 2 aromatic heterocycles. The molecule has 2 fully saturated rings. The Kier molecular flexibility index (Phi) is 3.71. The minimum atomic E-state index is 0.641. The quantitative estimate of drug-likeness (QED) is 0.823. The molecule has 6 nitrogen and oxygen atoms in total. The van der Waals surface area contributed by atoms with Crippen LogP contribution in [0.5, 0.6) is 0 Å². The molecule has 0 aromatic carbocycles. The first-order chi connectivity index (χ1) is 10.7. The van der Waals surface area contributed by atoms with Crippen LogP contribution in [0, 0.1) is 0 Å². The Morgan fingerprint density at radius 2 is 1.86 bits per heavy atom. The summed E-state index contributed by atoms with van der Waals surface area (Å²) in [6, 6.07) is 5.46. The average Bonchev–Trinajstić information content (AvgIpc) is 3.18. The molecule has 2 aliphatic heterocycles. The van der Waals surface area contributed by atoms with Gasteiger partial charge in [-0.1, -0.05) is 5.21 Å². The highest BCUT2D eigenvalue weighted by Gasteiger charge is 2.43. The molecule has 0 aliphatic carbocycles. The van der Waals surface area contributed by atoms with Crippen molar-refractivity contribution in [3.63, 3.8) is 0 Å². The van der Waals surface area contributed by atoms with Gasteiger partial charge in [0.1, 0.15) is 0 Å². The van der Waals surface area contributed by atoms with Gasteiger partial charge in [-0.15, -0.1) is 5.10 Å². The van der Waals surface area contributed by atoms with Crippen LogP contribution in [0.4, 0.5) is 0 Å². The van der Waals surface area contributed by atoms with Crippen molar-refractivity contribution in [3.05, 3.63) is 40.4 Å². The molecule has 2 saturated heterocycles. The van der Waals surface area contributed by atoms with Gasteiger partial charge in [-0.25, -0.2) is 0 Å². The van der Waals surface area contributed by atoms with Gasteiger partial charge in [-0.3, -0.25) is 19.5 Å². The Hall–Kier alpha value is -1.31. The van der Waals surface area contributed by atoms with Crippen molar-refractivity contribution in [3.8, 4) is 0 Å². The third kappa shape index (κ3) is 2.80. The molecule has 0 saturated carbocycles. The lowest BCUT2D eigenvalue weighted by Gasteiger charge is -2.33. The Balaban J connectivity index is 1.36. The van der Waals surface area contributed by atoms with Gasteiger partial charge in [-0.2, -0.15) is 0 Å². The normalized spacial score (nSPS) is 25.2. The van der Waals surface area contributed by atoms with Gasteiger partial charge in [0.05, 0.1) is 11.4 Å². The van der Waals surface area contributed by atoms with Crippen molar-refractivity contribution >= 4 is 15.9 Å². The number of halogens is 1. The maximum absolute atomic E-state index is 4.49. The number of hydrogen-bond acceptors (Lipinski definition) is 5. The van der Waals surface area contributed by atoms with E-state index in [1.165, 1.54) is 6.42 Å². The van der Waals surface area contributed by atoms with Crippen molar-refractivity contribution in [2.24, 2.45) is 7.05 Å². The van der Waals surface area contributed by atoms with Gasteiger partial charge in [0.25, 0.3) is 0 Å². The summed E-state index contributed by atoms with van der Waals surface area (Å²) in [5, 5.41) is 8.22. The Morgan fingerprint density at radius 3 is 2.41 bits per heavy atom. The van der Waals surface area contributed by atoms with Gasteiger partial charge in [0.15, 0.2) is 0 Å². The molecule has 2 bridgehead atoms. The molecule has 7 heteroatoms. The van der Waals surface area contributed by atoms with Crippen molar-refractivity contribution in [1.29, 1.82) is 0 Å². The van der Waals surface area contributed by atoms with Crippen LogP contribution in [0.2, 0.25) is 0 Å². The summed E-state index contributed by atoms with van der Waals surface area (Å²) in [4.78, 5) is 9.60. The highest BCUT2D eigenvalue weighted by molar-refractivity contribution is 9.10. The lowest BCUT2D eigenvalue weighted by molar-refractivity contribution is 0.116. The SMILES string of the molecule is Cn1cc(CN2CC3CC2CN3Cc2ccc(Br)cn2)nn1. The summed E-state index contributed by atoms with van der Waals surface area (Å²) in [5.41, 5.74) is 2.22. The van der Waals surface area contributed by atoms with E-state index in [-0.39, 0.29) is 0 Å². The molecule has 116 valence electrons. The maximum Gasteiger partial charge on any atom is 0.0967 e. The largest absolute Gasteiger partial charge is 0.292 e. The molecular formula is C15H19BrN6. The van der Waals surface area contributed by atoms with Gasteiger partial charge < -0.3 is 0 Å². The minimum absolute atomic E-state index is 0.641. The molecule has 0 radical (unpaired) electrons. The monoisotopic (exact) mass is 362 g/mol. The number of aryl methyl sites for hydroxylation is 1. The summed E-state index contributed by atoms with van der Waals surface area (Å²) in [7, 11) is 1.92. The molecule has 4 rings (SSSR count). The minimum Gasteiger partial charge on any atom is -0.292 e. The Morgan fingerprint density at radius 1 is 1.14 bits per heavy atom. The zero-order valence-electron chi connectivity index (χ0n) is 12.6. The second-order valence-corrected chi connectivity index (χ2v) is 7.17. The van der Waals surface area contributed by atoms with Crippen LogP contribution in [-0.2, 0) is 20.1 Å². The zero-order chi connectivity index (χ0) is 15.1. The number of hydrogen-bond donors (Lipinski definition) is 0. The summed E-state index contributed by atoms with van der Waals surface area (Å²) < 4.78 is 2.81. The smallest absolute Gasteiger partial charge is 0.0967 e. The first-order valence-electron chi connectivity index (χ1n) is 7.61. The van der Waals surface area contributed by atoms with E-state index in [9.17, 15) is 0 Å². The topological polar surface area (TPSA) is 50.1 Å². The second-order valence-electron chi connectivity index (χ2n) is 6.25. The number of pyridine rings is 1. The Bertz CT molecular complexity index is 654. The average molecular weight is 363 g/mol. The van der Waals surface area contributed by atoms with Crippen LogP contribution < -0.4 is 0 Å². The van der Waals surface area contributed by atoms with E-state index in [0.29, 0.717) is 12.1 Å². The summed E-state index contributed by atoms with van der Waals surface area (Å²) >= 11 is 3.44. The fraction of sp³-hybridized carbons (Fsp3) is 0.533. The third-order valence-electron chi connectivity index (χ3n) is 4.64. The highest BCUT2D eigenvalue weighted by atomic mass is 79.9. The van der Waals surface area contributed by atoms with E-state index >= 15 is 0 Å². The van der Waals surface area contributed by atoms with Gasteiger partial charge in [-0.05, 0) is 34.5 Å². The number of piperazine rings is 1. The van der Waals surface area contributed by atoms with Crippen molar-refractivity contribution in [1.82, 2.24) is 29.8 Å². The van der Waals surface area contributed by atoms with Crippen LogP contribution in [0.15, 0.2) is 29.0 Å². The number of nitrogens with zero attached hydrogens (tertiary/aromatic N) is 6. The van der Waals surface area contributed by atoms with Crippen LogP contribution >= 0.6 is 15.9 Å². The fourth-order valence-corrected chi connectivity index (χ4v) is 3.84. The predicted molar refractivity (Wildman–Crippen MR) is 86.0 cm³/mol. The number of aromatic nitrogens is 4. The highest BCUT2D eigenvalue weighted by Crippen LogP contribution is 2.32. The lowest BCUT2D eigenvalue weighted by atomic mass is 10.2. The first-order valence-corrected chi connectivity index (χ1v) is 8.40. The van der Waals surface area contributed by atoms with Crippen LogP contribution in [0.1, 0.15) is 17.8 Å². The second kappa shape index (κ2) is 5.72. The van der Waals surface area contributed by atoms with Crippen LogP contribution in [0.25, 0.3) is 0 Å². The molecule has 2 atom stereocenters. The third-order valence-corrected chi connectivity index (χ3v) is 5.11. The first kappa shape index (κ1) is 14.3. The van der Waals surface area contributed by atoms with Crippen molar-refractivity contribution in [2.75, 3.05) is 13.1 Å². The van der Waals surface area contributed by atoms with E-state index in [2.05, 4.69) is 53.2 Å². The summed E-state index contributed by atoms with van der Waals surface area (Å²) in [5.74, 6) is 0. The molecule has 22 heavy (non-hydrogen) atoms. The molecule has 2 unspecified atom stereocenters. The molecule has 0 N–H and O–H groups in total. The van der Waals surface area contributed by atoms with Crippen LogP contribution in [-0.4, -0.2) is 55.0 Å². The van der Waals surface area contributed by atoms with Crippen LogP contribution in [0.3, 0.4) is 0 Å². The fourth-order valence-electron chi connectivity index (χ4n) is 3.60. The van der Waals surface area contributed by atoms with Gasteiger partial charge in [0, 0.05) is 62.2 Å². The predicted octanol–water partition coefficient (Wildman–Crippen LogP) is 1.43. The molecule has 2 aromatic rings. The number of fused-ring (bicyclic) bond motifs is 2. The van der Waals surface area contributed by atoms with Gasteiger partial charge >= 0.3 is 0 Å². The number of likely N-dealkylation sites (tertiary alicyclic amines) is 2. The molecule has 2 aliphatic rings. The van der Waals surface area contributed by atoms with E-state index in [1.54, 1.807) is 4.68 Å². The standard InChI is InChI=1S/C15H19BrN6/c1-20-6-13(18-19-20)8-22-10-14-4-15(22)9-21(14)7-12-3-2-11(16)5-17-12/h2-3,5-6,14-15H,4,7-10H2,1H3. The maximum atomic E-state index is 4.49. The van der Waals surface area contributed by atoms with Crippen molar-refractivity contribution in [2.45, 2.75) is 31.6 Å². The number of rotatable bonds is 4. The van der Waals surface area contributed by atoms with E-state index in [0.717, 1.165) is 42.0 Å². The summed E-state index contributed by atoms with van der Waals surface area (Å²) in [6.07, 6.45) is 5.15. The zero-order valence-corrected chi connectivity index (χ0v) is 14.1. The summed E-state index contributed by atoms with van der Waals surface area (Å²) in [6.45, 7) is 4.12.